The molecule has 0 saturated heterocycles. The van der Waals surface area contributed by atoms with E-state index in [4.69, 9.17) is 14.2 Å². The van der Waals surface area contributed by atoms with Gasteiger partial charge in [-0.15, -0.1) is 0 Å². The fraction of sp³-hybridized carbons (Fsp3) is 0.105. The van der Waals surface area contributed by atoms with Crippen LogP contribution in [0.4, 0.5) is 5.69 Å². The first-order chi connectivity index (χ1) is 12.6. The summed E-state index contributed by atoms with van der Waals surface area (Å²) < 4.78 is 15.6. The molecule has 7 nitrogen and oxygen atoms in total. The summed E-state index contributed by atoms with van der Waals surface area (Å²) in [5.41, 5.74) is 1.58. The number of hydrogen-bond donors (Lipinski definition) is 0. The van der Waals surface area contributed by atoms with E-state index < -0.39 is 10.9 Å². The molecule has 1 aliphatic rings. The fourth-order valence-corrected chi connectivity index (χ4v) is 2.25. The van der Waals surface area contributed by atoms with Gasteiger partial charge in [-0.1, -0.05) is 12.1 Å². The minimum atomic E-state index is -0.501. The van der Waals surface area contributed by atoms with Gasteiger partial charge in [0.15, 0.2) is 11.5 Å². The van der Waals surface area contributed by atoms with Gasteiger partial charge >= 0.3 is 5.97 Å². The maximum atomic E-state index is 11.7. The lowest BCUT2D eigenvalue weighted by Gasteiger charge is -1.99. The van der Waals surface area contributed by atoms with Gasteiger partial charge in [0.05, 0.1) is 4.92 Å². The van der Waals surface area contributed by atoms with Crippen molar-refractivity contribution in [1.29, 1.82) is 0 Å². The average molecular weight is 353 g/mol. The summed E-state index contributed by atoms with van der Waals surface area (Å²) in [5.74, 6) is 0.902. The first-order valence-electron chi connectivity index (χ1n) is 7.77. The lowest BCUT2D eigenvalue weighted by atomic mass is 10.2. The van der Waals surface area contributed by atoms with Gasteiger partial charge in [0.2, 0.25) is 6.79 Å². The number of carbonyl (C=O) groups is 1. The second-order valence-electron chi connectivity index (χ2n) is 5.33. The molecular weight excluding hydrogens is 338 g/mol. The van der Waals surface area contributed by atoms with Gasteiger partial charge in [0, 0.05) is 18.2 Å². The van der Waals surface area contributed by atoms with Crippen LogP contribution in [-0.2, 0) is 9.53 Å². The highest BCUT2D eigenvalue weighted by Gasteiger charge is 2.12. The van der Waals surface area contributed by atoms with Crippen molar-refractivity contribution in [2.45, 2.75) is 0 Å². The molecule has 0 aliphatic carbocycles. The van der Waals surface area contributed by atoms with Gasteiger partial charge in [-0.2, -0.15) is 0 Å². The van der Waals surface area contributed by atoms with E-state index in [0.29, 0.717) is 17.1 Å². The topological polar surface area (TPSA) is 87.9 Å². The van der Waals surface area contributed by atoms with Gasteiger partial charge in [0.1, 0.15) is 6.61 Å². The Balaban J connectivity index is 1.47. The maximum absolute atomic E-state index is 11.7. The monoisotopic (exact) mass is 353 g/mol. The molecule has 1 aliphatic heterocycles. The number of nitro groups is 1. The molecule has 0 aromatic heterocycles. The summed E-state index contributed by atoms with van der Waals surface area (Å²) in [6.07, 6.45) is 6.34. The van der Waals surface area contributed by atoms with Crippen molar-refractivity contribution in [1.82, 2.24) is 0 Å². The standard InChI is InChI=1S/C19H15NO6/c21-19(10-6-14-3-7-16(8-4-14)20(22)23)24-11-1-2-15-5-9-17-18(12-15)26-13-25-17/h1-10,12H,11,13H2/b2-1-,10-6+. The molecule has 132 valence electrons. The minimum absolute atomic E-state index is 0.00150. The third-order valence-corrected chi connectivity index (χ3v) is 3.54. The Bertz CT molecular complexity index is 870. The molecule has 2 aromatic rings. The number of nitrogens with zero attached hydrogens (tertiary/aromatic N) is 1. The Hall–Kier alpha value is -3.61. The summed E-state index contributed by atoms with van der Waals surface area (Å²) >= 11 is 0. The highest BCUT2D eigenvalue weighted by Crippen LogP contribution is 2.32. The zero-order chi connectivity index (χ0) is 18.4. The van der Waals surface area contributed by atoms with Crippen molar-refractivity contribution in [2.24, 2.45) is 0 Å². The third-order valence-electron chi connectivity index (χ3n) is 3.54. The van der Waals surface area contributed by atoms with Crippen LogP contribution in [0, 0.1) is 10.1 Å². The van der Waals surface area contributed by atoms with Gasteiger partial charge in [0.25, 0.3) is 5.69 Å². The summed E-state index contributed by atoms with van der Waals surface area (Å²) in [4.78, 5) is 21.8. The number of benzene rings is 2. The van der Waals surface area contributed by atoms with Crippen LogP contribution in [0.5, 0.6) is 11.5 Å². The Morgan fingerprint density at radius 2 is 1.81 bits per heavy atom. The van der Waals surface area contributed by atoms with E-state index in [1.165, 1.54) is 24.3 Å². The normalized spacial score (nSPS) is 12.6. The van der Waals surface area contributed by atoms with Gasteiger partial charge in [-0.05, 0) is 47.5 Å². The van der Waals surface area contributed by atoms with Crippen LogP contribution in [0.15, 0.2) is 54.6 Å². The molecule has 0 N–H and O–H groups in total. The molecule has 0 fully saturated rings. The van der Waals surface area contributed by atoms with E-state index in [1.54, 1.807) is 18.2 Å². The van der Waals surface area contributed by atoms with Crippen molar-refractivity contribution in [3.63, 3.8) is 0 Å². The first kappa shape index (κ1) is 17.2. The highest BCUT2D eigenvalue weighted by atomic mass is 16.7. The lowest BCUT2D eigenvalue weighted by Crippen LogP contribution is -1.99. The molecule has 0 amide bonds. The summed E-state index contributed by atoms with van der Waals surface area (Å²) in [7, 11) is 0. The zero-order valence-corrected chi connectivity index (χ0v) is 13.7. The Kier molecular flexibility index (Phi) is 5.28. The summed E-state index contributed by atoms with van der Waals surface area (Å²) in [6.45, 7) is 0.346. The van der Waals surface area contributed by atoms with Crippen molar-refractivity contribution in [3.8, 4) is 11.5 Å². The van der Waals surface area contributed by atoms with E-state index in [-0.39, 0.29) is 19.1 Å². The maximum Gasteiger partial charge on any atom is 0.331 e. The van der Waals surface area contributed by atoms with E-state index in [9.17, 15) is 14.9 Å². The van der Waals surface area contributed by atoms with Crippen molar-refractivity contribution >= 4 is 23.8 Å². The molecule has 0 radical (unpaired) electrons. The second kappa shape index (κ2) is 7.98. The molecule has 0 unspecified atom stereocenters. The largest absolute Gasteiger partial charge is 0.458 e. The zero-order valence-electron chi connectivity index (χ0n) is 13.7. The molecule has 0 bridgehead atoms. The van der Waals surface area contributed by atoms with Gasteiger partial charge < -0.3 is 14.2 Å². The number of rotatable bonds is 6. The number of ether oxygens (including phenoxy) is 3. The SMILES string of the molecule is O=C(/C=C/c1ccc([N+](=O)[O-])cc1)OC/C=C\c1ccc2c(c1)OCO2. The molecule has 0 atom stereocenters. The first-order valence-corrected chi connectivity index (χ1v) is 7.77. The molecule has 2 aromatic carbocycles. The Morgan fingerprint density at radius 1 is 1.08 bits per heavy atom. The molecule has 0 spiro atoms. The van der Waals surface area contributed by atoms with E-state index in [1.807, 2.05) is 24.3 Å². The van der Waals surface area contributed by atoms with E-state index >= 15 is 0 Å². The third kappa shape index (κ3) is 4.47. The highest BCUT2D eigenvalue weighted by molar-refractivity contribution is 5.87. The predicted molar refractivity (Wildman–Crippen MR) is 94.7 cm³/mol. The average Bonchev–Trinajstić information content (AvgIpc) is 3.11. The number of fused-ring (bicyclic) bond motifs is 1. The van der Waals surface area contributed by atoms with Crippen molar-refractivity contribution in [3.05, 3.63) is 75.9 Å². The fourth-order valence-electron chi connectivity index (χ4n) is 2.25. The van der Waals surface area contributed by atoms with Crippen LogP contribution in [-0.4, -0.2) is 24.3 Å². The van der Waals surface area contributed by atoms with Gasteiger partial charge in [-0.25, -0.2) is 4.79 Å². The van der Waals surface area contributed by atoms with E-state index in [2.05, 4.69) is 0 Å². The Morgan fingerprint density at radius 3 is 2.58 bits per heavy atom. The van der Waals surface area contributed by atoms with E-state index in [0.717, 1.165) is 5.56 Å². The van der Waals surface area contributed by atoms with Crippen LogP contribution in [0.3, 0.4) is 0 Å². The molecule has 1 heterocycles. The molecule has 26 heavy (non-hydrogen) atoms. The van der Waals surface area contributed by atoms with Gasteiger partial charge in [-0.3, -0.25) is 10.1 Å². The molecule has 0 saturated carbocycles. The smallest absolute Gasteiger partial charge is 0.331 e. The second-order valence-corrected chi connectivity index (χ2v) is 5.33. The molecule has 7 heteroatoms. The lowest BCUT2D eigenvalue weighted by molar-refractivity contribution is -0.384. The quantitative estimate of drug-likeness (QED) is 0.341. The van der Waals surface area contributed by atoms with Crippen LogP contribution in [0.25, 0.3) is 12.2 Å². The number of nitro benzene ring substituents is 1. The summed E-state index contributed by atoms with van der Waals surface area (Å²) in [5, 5.41) is 10.6. The van der Waals surface area contributed by atoms with Crippen LogP contribution in [0.2, 0.25) is 0 Å². The number of esters is 1. The predicted octanol–water partition coefficient (Wildman–Crippen LogP) is 3.59. The molecule has 3 rings (SSSR count). The number of carbonyl (C=O) groups excluding carboxylic acids is 1. The number of non-ortho nitro benzene ring substituents is 1. The number of hydrogen-bond acceptors (Lipinski definition) is 6. The Labute approximate surface area is 149 Å². The van der Waals surface area contributed by atoms with Crippen LogP contribution < -0.4 is 9.47 Å². The van der Waals surface area contributed by atoms with Crippen molar-refractivity contribution in [2.75, 3.05) is 13.4 Å². The molecular formula is C19H15NO6. The van der Waals surface area contributed by atoms with Crippen molar-refractivity contribution < 1.29 is 23.9 Å². The summed E-state index contributed by atoms with van der Waals surface area (Å²) in [6, 6.07) is 11.4. The van der Waals surface area contributed by atoms with Crippen LogP contribution in [0.1, 0.15) is 11.1 Å². The van der Waals surface area contributed by atoms with Crippen LogP contribution >= 0.6 is 0 Å². The minimum Gasteiger partial charge on any atom is -0.458 e.